The first kappa shape index (κ1) is 13.4. The Kier molecular flexibility index (Phi) is 4.06. The van der Waals surface area contributed by atoms with Gasteiger partial charge in [-0.15, -0.1) is 0 Å². The van der Waals surface area contributed by atoms with Crippen LogP contribution in [0, 0.1) is 0 Å². The number of nitrogens with two attached hydrogens (primary N) is 1. The van der Waals surface area contributed by atoms with Crippen molar-refractivity contribution in [1.29, 1.82) is 0 Å². The highest BCUT2D eigenvalue weighted by molar-refractivity contribution is 6.32. The van der Waals surface area contributed by atoms with Gasteiger partial charge in [-0.3, -0.25) is 4.79 Å². The molecule has 2 rings (SSSR count). The Morgan fingerprint density at radius 3 is 3.05 bits per heavy atom. The number of rotatable bonds is 4. The molecule has 100 valence electrons. The topological polar surface area (TPSA) is 72.9 Å². The summed E-state index contributed by atoms with van der Waals surface area (Å²) in [6.45, 7) is 2.77. The van der Waals surface area contributed by atoms with E-state index in [2.05, 4.69) is 10.3 Å². The molecular weight excluding hydrogens is 264 g/mol. The van der Waals surface area contributed by atoms with Crippen molar-refractivity contribution in [2.45, 2.75) is 19.9 Å². The van der Waals surface area contributed by atoms with Crippen LogP contribution >= 0.6 is 11.6 Å². The highest BCUT2D eigenvalue weighted by Gasteiger charge is 2.14. The third kappa shape index (κ3) is 3.06. The lowest BCUT2D eigenvalue weighted by molar-refractivity contribution is 0.101. The second-order valence-electron chi connectivity index (χ2n) is 4.15. The van der Waals surface area contributed by atoms with E-state index < -0.39 is 0 Å². The predicted molar refractivity (Wildman–Crippen MR) is 76.3 cm³/mol. The standard InChI is InChI=1S/C13H15ClN4O/c1-2-6-18-8-9(15)7-11(18)13(19)17-10-4-3-5-16-12(10)14/h3-5,7-8H,2,6,15H2,1H3,(H,17,19). The first-order valence-corrected chi connectivity index (χ1v) is 6.37. The van der Waals surface area contributed by atoms with Crippen molar-refractivity contribution >= 4 is 28.9 Å². The Balaban J connectivity index is 2.23. The number of hydrogen-bond donors (Lipinski definition) is 2. The number of anilines is 2. The van der Waals surface area contributed by atoms with Gasteiger partial charge in [-0.05, 0) is 24.6 Å². The fraction of sp³-hybridized carbons (Fsp3) is 0.231. The minimum absolute atomic E-state index is 0.250. The molecule has 0 fully saturated rings. The second kappa shape index (κ2) is 5.75. The Hall–Kier alpha value is -2.01. The summed E-state index contributed by atoms with van der Waals surface area (Å²) in [6.07, 6.45) is 4.24. The molecule has 0 atom stereocenters. The molecule has 2 heterocycles. The molecule has 5 nitrogen and oxygen atoms in total. The van der Waals surface area contributed by atoms with Crippen LogP contribution in [0.3, 0.4) is 0 Å². The van der Waals surface area contributed by atoms with Gasteiger partial charge in [0.05, 0.1) is 11.4 Å². The van der Waals surface area contributed by atoms with Crippen LogP contribution in [0.25, 0.3) is 0 Å². The molecule has 0 spiro atoms. The molecule has 2 aromatic heterocycles. The number of carbonyl (C=O) groups is 1. The lowest BCUT2D eigenvalue weighted by Crippen LogP contribution is -2.17. The average Bonchev–Trinajstić information content (AvgIpc) is 2.74. The van der Waals surface area contributed by atoms with Crippen LogP contribution in [0.5, 0.6) is 0 Å². The van der Waals surface area contributed by atoms with Gasteiger partial charge in [0.15, 0.2) is 5.15 Å². The van der Waals surface area contributed by atoms with Gasteiger partial charge < -0.3 is 15.6 Å². The molecule has 19 heavy (non-hydrogen) atoms. The van der Waals surface area contributed by atoms with Crippen LogP contribution in [0.2, 0.25) is 5.15 Å². The van der Waals surface area contributed by atoms with E-state index in [1.807, 2.05) is 11.5 Å². The minimum atomic E-state index is -0.250. The predicted octanol–water partition coefficient (Wildman–Crippen LogP) is 2.78. The number of aromatic nitrogens is 2. The van der Waals surface area contributed by atoms with Crippen molar-refractivity contribution in [3.63, 3.8) is 0 Å². The molecule has 1 amide bonds. The number of nitrogen functional groups attached to an aromatic ring is 1. The van der Waals surface area contributed by atoms with Crippen LogP contribution in [0.1, 0.15) is 23.8 Å². The summed E-state index contributed by atoms with van der Waals surface area (Å²) in [6, 6.07) is 5.06. The molecule has 2 aromatic rings. The summed E-state index contributed by atoms with van der Waals surface area (Å²) >= 11 is 5.90. The maximum absolute atomic E-state index is 12.2. The highest BCUT2D eigenvalue weighted by Crippen LogP contribution is 2.19. The Morgan fingerprint density at radius 2 is 2.37 bits per heavy atom. The molecule has 3 N–H and O–H groups in total. The first-order chi connectivity index (χ1) is 9.11. The van der Waals surface area contributed by atoms with Gasteiger partial charge in [-0.25, -0.2) is 4.98 Å². The number of nitrogens with zero attached hydrogens (tertiary/aromatic N) is 2. The van der Waals surface area contributed by atoms with Crippen LogP contribution < -0.4 is 11.1 Å². The van der Waals surface area contributed by atoms with Gasteiger partial charge in [0, 0.05) is 18.9 Å². The average molecular weight is 279 g/mol. The number of halogens is 1. The van der Waals surface area contributed by atoms with Gasteiger partial charge >= 0.3 is 0 Å². The summed E-state index contributed by atoms with van der Waals surface area (Å²) in [4.78, 5) is 16.1. The maximum Gasteiger partial charge on any atom is 0.272 e. The summed E-state index contributed by atoms with van der Waals surface area (Å²) in [5, 5.41) is 2.99. The fourth-order valence-electron chi connectivity index (χ4n) is 1.82. The largest absolute Gasteiger partial charge is 0.397 e. The molecule has 0 bridgehead atoms. The maximum atomic E-state index is 12.2. The summed E-state index contributed by atoms with van der Waals surface area (Å²) in [5.74, 6) is -0.250. The Labute approximate surface area is 116 Å². The summed E-state index contributed by atoms with van der Waals surface area (Å²) in [5.41, 5.74) is 7.29. The second-order valence-corrected chi connectivity index (χ2v) is 4.51. The van der Waals surface area contributed by atoms with Crippen LogP contribution in [0.15, 0.2) is 30.6 Å². The van der Waals surface area contributed by atoms with Crippen molar-refractivity contribution in [3.05, 3.63) is 41.4 Å². The zero-order valence-corrected chi connectivity index (χ0v) is 11.3. The lowest BCUT2D eigenvalue weighted by atomic mass is 10.3. The van der Waals surface area contributed by atoms with E-state index in [4.69, 9.17) is 17.3 Å². The van der Waals surface area contributed by atoms with Crippen molar-refractivity contribution in [1.82, 2.24) is 9.55 Å². The molecule has 0 aromatic carbocycles. The normalized spacial score (nSPS) is 10.4. The monoisotopic (exact) mass is 278 g/mol. The van der Waals surface area contributed by atoms with E-state index >= 15 is 0 Å². The third-order valence-corrected chi connectivity index (χ3v) is 2.92. The molecule has 0 saturated heterocycles. The zero-order chi connectivity index (χ0) is 13.8. The van der Waals surface area contributed by atoms with Crippen molar-refractivity contribution in [2.75, 3.05) is 11.1 Å². The van der Waals surface area contributed by atoms with E-state index in [0.29, 0.717) is 17.1 Å². The van der Waals surface area contributed by atoms with E-state index in [9.17, 15) is 4.79 Å². The van der Waals surface area contributed by atoms with E-state index in [-0.39, 0.29) is 11.1 Å². The molecule has 6 heteroatoms. The number of pyridine rings is 1. The fourth-order valence-corrected chi connectivity index (χ4v) is 1.98. The molecule has 0 radical (unpaired) electrons. The van der Waals surface area contributed by atoms with Crippen molar-refractivity contribution < 1.29 is 4.79 Å². The van der Waals surface area contributed by atoms with Gasteiger partial charge in [0.25, 0.3) is 5.91 Å². The number of hydrogen-bond acceptors (Lipinski definition) is 3. The van der Waals surface area contributed by atoms with Crippen molar-refractivity contribution in [2.24, 2.45) is 0 Å². The smallest absolute Gasteiger partial charge is 0.272 e. The van der Waals surface area contributed by atoms with Gasteiger partial charge in [-0.1, -0.05) is 18.5 Å². The minimum Gasteiger partial charge on any atom is -0.397 e. The van der Waals surface area contributed by atoms with Gasteiger partial charge in [-0.2, -0.15) is 0 Å². The molecule has 0 unspecified atom stereocenters. The Morgan fingerprint density at radius 1 is 1.58 bits per heavy atom. The highest BCUT2D eigenvalue weighted by atomic mass is 35.5. The number of nitrogens with one attached hydrogen (secondary N) is 1. The first-order valence-electron chi connectivity index (χ1n) is 5.99. The SMILES string of the molecule is CCCn1cc(N)cc1C(=O)Nc1cccnc1Cl. The van der Waals surface area contributed by atoms with E-state index in [1.54, 1.807) is 30.6 Å². The Bertz CT molecular complexity index is 594. The van der Waals surface area contributed by atoms with E-state index in [1.165, 1.54) is 0 Å². The third-order valence-electron chi connectivity index (χ3n) is 2.62. The molecule has 0 saturated carbocycles. The number of carbonyl (C=O) groups excluding carboxylic acids is 1. The van der Waals surface area contributed by atoms with E-state index in [0.717, 1.165) is 13.0 Å². The summed E-state index contributed by atoms with van der Waals surface area (Å²) < 4.78 is 1.83. The lowest BCUT2D eigenvalue weighted by Gasteiger charge is -2.09. The zero-order valence-electron chi connectivity index (χ0n) is 10.6. The number of amides is 1. The van der Waals surface area contributed by atoms with Gasteiger partial charge in [0.2, 0.25) is 0 Å². The van der Waals surface area contributed by atoms with Crippen LogP contribution in [0.4, 0.5) is 11.4 Å². The molecule has 0 aliphatic carbocycles. The van der Waals surface area contributed by atoms with Crippen LogP contribution in [-0.4, -0.2) is 15.5 Å². The molecule has 0 aliphatic rings. The van der Waals surface area contributed by atoms with Crippen LogP contribution in [-0.2, 0) is 6.54 Å². The molecular formula is C13H15ClN4O. The summed E-state index contributed by atoms with van der Waals surface area (Å²) in [7, 11) is 0. The van der Waals surface area contributed by atoms with Crippen molar-refractivity contribution in [3.8, 4) is 0 Å². The number of aryl methyl sites for hydroxylation is 1. The molecule has 0 aliphatic heterocycles. The van der Waals surface area contributed by atoms with Gasteiger partial charge in [0.1, 0.15) is 5.69 Å². The quantitative estimate of drug-likeness (QED) is 0.845.